The molecule has 2 aromatic heterocycles. The first-order valence-corrected chi connectivity index (χ1v) is 9.63. The Hall–Kier alpha value is -3.32. The summed E-state index contributed by atoms with van der Waals surface area (Å²) in [5.41, 5.74) is 3.43. The van der Waals surface area contributed by atoms with Crippen molar-refractivity contribution in [1.82, 2.24) is 15.0 Å². The number of anilines is 1. The standard InChI is InChI=1S/C21H18N4O2S/c1-13-8-9-14(2)17(10-13)22-19(26)12-25-21(27)16-11-18(28-20(16)23-24-25)15-6-4-3-5-7-15/h3-11H,12H2,1-2H3,(H,22,26). The minimum Gasteiger partial charge on any atom is -0.324 e. The van der Waals surface area contributed by atoms with E-state index in [1.54, 1.807) is 0 Å². The molecule has 2 heterocycles. The summed E-state index contributed by atoms with van der Waals surface area (Å²) in [6.07, 6.45) is 0. The van der Waals surface area contributed by atoms with Crippen LogP contribution in [-0.4, -0.2) is 20.9 Å². The van der Waals surface area contributed by atoms with Gasteiger partial charge >= 0.3 is 0 Å². The molecule has 6 nitrogen and oxygen atoms in total. The Kier molecular flexibility index (Phi) is 4.75. The van der Waals surface area contributed by atoms with Gasteiger partial charge in [0.05, 0.1) is 5.39 Å². The molecule has 28 heavy (non-hydrogen) atoms. The van der Waals surface area contributed by atoms with Crippen molar-refractivity contribution in [3.8, 4) is 10.4 Å². The van der Waals surface area contributed by atoms with Crippen LogP contribution in [0.15, 0.2) is 59.4 Å². The highest BCUT2D eigenvalue weighted by atomic mass is 32.1. The van der Waals surface area contributed by atoms with E-state index in [1.807, 2.05) is 68.4 Å². The van der Waals surface area contributed by atoms with Crippen molar-refractivity contribution in [1.29, 1.82) is 0 Å². The summed E-state index contributed by atoms with van der Waals surface area (Å²) >= 11 is 1.41. The Morgan fingerprint density at radius 2 is 1.89 bits per heavy atom. The highest BCUT2D eigenvalue weighted by Gasteiger charge is 2.14. The van der Waals surface area contributed by atoms with Crippen LogP contribution in [0, 0.1) is 13.8 Å². The van der Waals surface area contributed by atoms with Gasteiger partial charge in [-0.2, -0.15) is 0 Å². The number of carbonyl (C=O) groups is 1. The molecule has 0 fully saturated rings. The number of aromatic nitrogens is 3. The number of thiophene rings is 1. The molecule has 0 aliphatic rings. The number of rotatable bonds is 4. The molecule has 0 aliphatic heterocycles. The third-order valence-corrected chi connectivity index (χ3v) is 5.51. The van der Waals surface area contributed by atoms with Crippen molar-refractivity contribution in [3.05, 3.63) is 76.1 Å². The maximum atomic E-state index is 12.8. The molecule has 0 saturated carbocycles. The number of carbonyl (C=O) groups excluding carboxylic acids is 1. The Labute approximate surface area is 165 Å². The van der Waals surface area contributed by atoms with Crippen molar-refractivity contribution in [2.45, 2.75) is 20.4 Å². The second kappa shape index (κ2) is 7.36. The second-order valence-electron chi connectivity index (χ2n) is 6.61. The van der Waals surface area contributed by atoms with Crippen molar-refractivity contribution in [2.75, 3.05) is 5.32 Å². The van der Waals surface area contributed by atoms with E-state index < -0.39 is 0 Å². The topological polar surface area (TPSA) is 76.9 Å². The zero-order valence-corrected chi connectivity index (χ0v) is 16.3. The molecule has 2 aromatic carbocycles. The Bertz CT molecular complexity index is 1230. The van der Waals surface area contributed by atoms with Crippen LogP contribution in [0.1, 0.15) is 11.1 Å². The van der Waals surface area contributed by atoms with Gasteiger partial charge in [0.1, 0.15) is 6.54 Å². The molecule has 0 bridgehead atoms. The van der Waals surface area contributed by atoms with Crippen molar-refractivity contribution in [2.24, 2.45) is 0 Å². The van der Waals surface area contributed by atoms with Crippen molar-refractivity contribution >= 4 is 33.1 Å². The molecule has 1 amide bonds. The summed E-state index contributed by atoms with van der Waals surface area (Å²) < 4.78 is 1.10. The van der Waals surface area contributed by atoms with Gasteiger partial charge in [0.25, 0.3) is 5.56 Å². The lowest BCUT2D eigenvalue weighted by Gasteiger charge is -2.09. The monoisotopic (exact) mass is 390 g/mol. The molecular formula is C21H18N4O2S. The van der Waals surface area contributed by atoms with Gasteiger partial charge in [-0.1, -0.05) is 47.7 Å². The minimum atomic E-state index is -0.320. The van der Waals surface area contributed by atoms with Crippen LogP contribution in [0.5, 0.6) is 0 Å². The van der Waals surface area contributed by atoms with Crippen LogP contribution in [0.25, 0.3) is 20.7 Å². The Morgan fingerprint density at radius 1 is 1.11 bits per heavy atom. The summed E-state index contributed by atoms with van der Waals surface area (Å²) in [5.74, 6) is -0.317. The maximum Gasteiger partial charge on any atom is 0.279 e. The number of hydrogen-bond donors (Lipinski definition) is 1. The van der Waals surface area contributed by atoms with E-state index in [4.69, 9.17) is 0 Å². The number of nitrogens with zero attached hydrogens (tertiary/aromatic N) is 3. The summed E-state index contributed by atoms with van der Waals surface area (Å²) in [7, 11) is 0. The largest absolute Gasteiger partial charge is 0.324 e. The SMILES string of the molecule is Cc1ccc(C)c(NC(=O)Cn2nnc3sc(-c4ccccc4)cc3c2=O)c1. The Balaban J connectivity index is 1.60. The number of aryl methyl sites for hydroxylation is 2. The van der Waals surface area contributed by atoms with E-state index in [-0.39, 0.29) is 18.0 Å². The summed E-state index contributed by atoms with van der Waals surface area (Å²) in [4.78, 5) is 26.7. The number of fused-ring (bicyclic) bond motifs is 1. The predicted molar refractivity (Wildman–Crippen MR) is 112 cm³/mol. The highest BCUT2D eigenvalue weighted by Crippen LogP contribution is 2.30. The van der Waals surface area contributed by atoms with E-state index in [9.17, 15) is 9.59 Å². The number of nitrogens with one attached hydrogen (secondary N) is 1. The molecule has 0 aliphatic carbocycles. The van der Waals surface area contributed by atoms with Gasteiger partial charge < -0.3 is 5.32 Å². The summed E-state index contributed by atoms with van der Waals surface area (Å²) in [6, 6.07) is 17.4. The maximum absolute atomic E-state index is 12.8. The molecule has 140 valence electrons. The first-order chi connectivity index (χ1) is 13.5. The zero-order chi connectivity index (χ0) is 19.7. The van der Waals surface area contributed by atoms with E-state index in [0.29, 0.717) is 10.2 Å². The summed E-state index contributed by atoms with van der Waals surface area (Å²) in [5, 5.41) is 11.4. The molecule has 4 aromatic rings. The molecule has 7 heteroatoms. The molecule has 0 spiro atoms. The van der Waals surface area contributed by atoms with Gasteiger partial charge in [0.15, 0.2) is 4.83 Å². The molecule has 1 N–H and O–H groups in total. The van der Waals surface area contributed by atoms with Gasteiger partial charge in [0.2, 0.25) is 5.91 Å². The van der Waals surface area contributed by atoms with E-state index in [2.05, 4.69) is 15.6 Å². The lowest BCUT2D eigenvalue weighted by atomic mass is 10.1. The van der Waals surface area contributed by atoms with E-state index in [1.165, 1.54) is 11.3 Å². The lowest BCUT2D eigenvalue weighted by Crippen LogP contribution is -2.30. The average Bonchev–Trinajstić information content (AvgIpc) is 3.13. The van der Waals surface area contributed by atoms with Crippen LogP contribution in [0.3, 0.4) is 0 Å². The van der Waals surface area contributed by atoms with Crippen LogP contribution < -0.4 is 10.9 Å². The quantitative estimate of drug-likeness (QED) is 0.575. The minimum absolute atomic E-state index is 0.189. The fraction of sp³-hybridized carbons (Fsp3) is 0.143. The molecule has 4 rings (SSSR count). The molecular weight excluding hydrogens is 372 g/mol. The van der Waals surface area contributed by atoms with Crippen molar-refractivity contribution in [3.63, 3.8) is 0 Å². The predicted octanol–water partition coefficient (Wildman–Crippen LogP) is 3.78. The molecule has 0 unspecified atom stereocenters. The van der Waals surface area contributed by atoms with E-state index >= 15 is 0 Å². The van der Waals surface area contributed by atoms with Gasteiger partial charge in [-0.3, -0.25) is 9.59 Å². The zero-order valence-electron chi connectivity index (χ0n) is 15.5. The normalized spacial score (nSPS) is 10.9. The second-order valence-corrected chi connectivity index (χ2v) is 7.64. The van der Waals surface area contributed by atoms with E-state index in [0.717, 1.165) is 31.9 Å². The number of benzene rings is 2. The third-order valence-electron chi connectivity index (χ3n) is 4.44. The number of amides is 1. The lowest BCUT2D eigenvalue weighted by molar-refractivity contribution is -0.117. The molecule has 0 radical (unpaired) electrons. The fourth-order valence-corrected chi connectivity index (χ4v) is 3.90. The molecule has 0 atom stereocenters. The van der Waals surface area contributed by atoms with Crippen LogP contribution >= 0.6 is 11.3 Å². The molecule has 0 saturated heterocycles. The van der Waals surface area contributed by atoms with Crippen LogP contribution in [0.4, 0.5) is 5.69 Å². The van der Waals surface area contributed by atoms with Crippen molar-refractivity contribution < 1.29 is 4.79 Å². The Morgan fingerprint density at radius 3 is 2.68 bits per heavy atom. The summed E-state index contributed by atoms with van der Waals surface area (Å²) in [6.45, 7) is 3.69. The third kappa shape index (κ3) is 3.57. The number of hydrogen-bond acceptors (Lipinski definition) is 5. The van der Waals surface area contributed by atoms with Gasteiger partial charge in [-0.15, -0.1) is 16.4 Å². The fourth-order valence-electron chi connectivity index (χ4n) is 2.93. The average molecular weight is 390 g/mol. The van der Waals surface area contributed by atoms with Crippen LogP contribution in [-0.2, 0) is 11.3 Å². The first-order valence-electron chi connectivity index (χ1n) is 8.81. The van der Waals surface area contributed by atoms with Crippen LogP contribution in [0.2, 0.25) is 0 Å². The van der Waals surface area contributed by atoms with Gasteiger partial charge in [-0.25, -0.2) is 4.68 Å². The highest BCUT2D eigenvalue weighted by molar-refractivity contribution is 7.21. The first kappa shape index (κ1) is 18.1. The van der Waals surface area contributed by atoms with Gasteiger partial charge in [0, 0.05) is 10.6 Å². The smallest absolute Gasteiger partial charge is 0.279 e. The van der Waals surface area contributed by atoms with Gasteiger partial charge in [-0.05, 0) is 42.7 Å².